The van der Waals surface area contributed by atoms with E-state index in [9.17, 15) is 9.59 Å². The standard InChI is InChI=1S/C24H28N6O2/c1-2-30(28-11-4-3-5-12-28)24-26-14-19-21(31)20(22(25)32)15-29(23(19)27-24)18-10-9-16-7-6-8-17(16)13-18/h9-10,13-15H,2-8,11-12H2,1H3,(H2,25,32). The minimum absolute atomic E-state index is 0.0577. The summed E-state index contributed by atoms with van der Waals surface area (Å²) < 4.78 is 1.81. The Morgan fingerprint density at radius 3 is 2.66 bits per heavy atom. The van der Waals surface area contributed by atoms with Crippen LogP contribution in [-0.4, -0.2) is 45.1 Å². The first kappa shape index (κ1) is 20.6. The normalized spacial score (nSPS) is 16.3. The summed E-state index contributed by atoms with van der Waals surface area (Å²) in [4.78, 5) is 34.3. The molecular weight excluding hydrogens is 404 g/mol. The van der Waals surface area contributed by atoms with Crippen LogP contribution in [0.15, 0.2) is 35.4 Å². The first-order valence-electron chi connectivity index (χ1n) is 11.4. The molecule has 1 aromatic carbocycles. The lowest BCUT2D eigenvalue weighted by Crippen LogP contribution is -2.46. The second kappa shape index (κ2) is 8.35. The Morgan fingerprint density at radius 2 is 1.91 bits per heavy atom. The molecule has 5 rings (SSSR count). The van der Waals surface area contributed by atoms with E-state index in [4.69, 9.17) is 10.7 Å². The lowest BCUT2D eigenvalue weighted by molar-refractivity contribution is 0.0999. The molecule has 1 amide bonds. The molecule has 3 aromatic rings. The number of carbonyl (C=O) groups excluding carboxylic acids is 1. The minimum atomic E-state index is -0.751. The number of fused-ring (bicyclic) bond motifs is 2. The van der Waals surface area contributed by atoms with Crippen LogP contribution >= 0.6 is 0 Å². The number of hydrazine groups is 1. The number of hydrogen-bond donors (Lipinski definition) is 1. The number of nitrogens with two attached hydrogens (primary N) is 1. The van der Waals surface area contributed by atoms with Crippen molar-refractivity contribution in [3.05, 3.63) is 57.5 Å². The highest BCUT2D eigenvalue weighted by molar-refractivity contribution is 5.96. The fourth-order valence-electron chi connectivity index (χ4n) is 4.89. The van der Waals surface area contributed by atoms with Crippen molar-refractivity contribution in [2.45, 2.75) is 45.4 Å². The van der Waals surface area contributed by atoms with Gasteiger partial charge in [-0.05, 0) is 62.3 Å². The Balaban J connectivity index is 1.70. The second-order valence-electron chi connectivity index (χ2n) is 8.55. The van der Waals surface area contributed by atoms with Crippen molar-refractivity contribution in [1.82, 2.24) is 19.5 Å². The number of primary amides is 1. The van der Waals surface area contributed by atoms with Gasteiger partial charge >= 0.3 is 0 Å². The predicted octanol–water partition coefficient (Wildman–Crippen LogP) is 2.60. The number of pyridine rings is 1. The smallest absolute Gasteiger partial charge is 0.254 e. The third kappa shape index (κ3) is 3.54. The molecule has 2 N–H and O–H groups in total. The third-order valence-corrected chi connectivity index (χ3v) is 6.56. The van der Waals surface area contributed by atoms with E-state index in [1.165, 1.54) is 29.9 Å². The maximum Gasteiger partial charge on any atom is 0.254 e. The van der Waals surface area contributed by atoms with Crippen LogP contribution < -0.4 is 16.2 Å². The molecule has 1 fully saturated rings. The van der Waals surface area contributed by atoms with Gasteiger partial charge in [-0.3, -0.25) is 14.6 Å². The summed E-state index contributed by atoms with van der Waals surface area (Å²) >= 11 is 0. The van der Waals surface area contributed by atoms with Crippen molar-refractivity contribution in [3.63, 3.8) is 0 Å². The van der Waals surface area contributed by atoms with Gasteiger partial charge in [0.05, 0.1) is 5.39 Å². The molecular formula is C24H28N6O2. The van der Waals surface area contributed by atoms with Crippen LogP contribution in [0, 0.1) is 0 Å². The van der Waals surface area contributed by atoms with E-state index in [1.54, 1.807) is 0 Å². The molecule has 8 nitrogen and oxygen atoms in total. The second-order valence-corrected chi connectivity index (χ2v) is 8.55. The minimum Gasteiger partial charge on any atom is -0.365 e. The number of aryl methyl sites for hydroxylation is 2. The van der Waals surface area contributed by atoms with Crippen molar-refractivity contribution in [2.24, 2.45) is 5.73 Å². The van der Waals surface area contributed by atoms with Crippen LogP contribution in [0.3, 0.4) is 0 Å². The monoisotopic (exact) mass is 432 g/mol. The lowest BCUT2D eigenvalue weighted by atomic mass is 10.1. The van der Waals surface area contributed by atoms with Crippen LogP contribution in [0.5, 0.6) is 0 Å². The summed E-state index contributed by atoms with van der Waals surface area (Å²) in [6.45, 7) is 4.74. The molecule has 0 unspecified atom stereocenters. The molecule has 0 radical (unpaired) electrons. The van der Waals surface area contributed by atoms with Gasteiger partial charge in [0.1, 0.15) is 5.56 Å². The SMILES string of the molecule is CCN(c1ncc2c(=O)c(C(N)=O)cn(-c3ccc4c(c3)CCC4)c2n1)N1CCCCC1. The van der Waals surface area contributed by atoms with Crippen LogP contribution in [0.1, 0.15) is 54.1 Å². The summed E-state index contributed by atoms with van der Waals surface area (Å²) in [5, 5.41) is 4.65. The van der Waals surface area contributed by atoms with Gasteiger partial charge in [0.15, 0.2) is 5.65 Å². The number of nitrogens with zero attached hydrogens (tertiary/aromatic N) is 5. The molecule has 1 aliphatic heterocycles. The van der Waals surface area contributed by atoms with Gasteiger partial charge in [-0.2, -0.15) is 4.98 Å². The third-order valence-electron chi connectivity index (χ3n) is 6.56. The first-order chi connectivity index (χ1) is 15.6. The average molecular weight is 433 g/mol. The number of anilines is 1. The highest BCUT2D eigenvalue weighted by atomic mass is 16.2. The van der Waals surface area contributed by atoms with Crippen LogP contribution in [0.4, 0.5) is 5.95 Å². The van der Waals surface area contributed by atoms with Crippen molar-refractivity contribution < 1.29 is 4.79 Å². The zero-order valence-electron chi connectivity index (χ0n) is 18.4. The Bertz CT molecular complexity index is 1250. The Kier molecular flexibility index (Phi) is 5.38. The van der Waals surface area contributed by atoms with Crippen LogP contribution in [-0.2, 0) is 12.8 Å². The summed E-state index contributed by atoms with van der Waals surface area (Å²) in [5.74, 6) is -0.192. The van der Waals surface area contributed by atoms with E-state index < -0.39 is 11.3 Å². The van der Waals surface area contributed by atoms with Crippen molar-refractivity contribution in [1.29, 1.82) is 0 Å². The zero-order chi connectivity index (χ0) is 22.2. The van der Waals surface area contributed by atoms with E-state index in [1.807, 2.05) is 10.6 Å². The maximum atomic E-state index is 13.0. The summed E-state index contributed by atoms with van der Waals surface area (Å²) in [6, 6.07) is 6.27. The number of aromatic nitrogens is 3. The van der Waals surface area contributed by atoms with Crippen LogP contribution in [0.25, 0.3) is 16.7 Å². The van der Waals surface area contributed by atoms with Crippen molar-refractivity contribution in [2.75, 3.05) is 24.6 Å². The molecule has 1 saturated heterocycles. The molecule has 8 heteroatoms. The van der Waals surface area contributed by atoms with E-state index in [-0.39, 0.29) is 5.56 Å². The number of carbonyl (C=O) groups is 1. The molecule has 2 aliphatic rings. The topological polar surface area (TPSA) is 97.3 Å². The molecule has 0 atom stereocenters. The van der Waals surface area contributed by atoms with Gasteiger partial charge in [0, 0.05) is 37.7 Å². The zero-order valence-corrected chi connectivity index (χ0v) is 18.4. The van der Waals surface area contributed by atoms with E-state index in [0.29, 0.717) is 17.0 Å². The van der Waals surface area contributed by atoms with E-state index in [0.717, 1.165) is 57.4 Å². The number of piperidine rings is 1. The molecule has 3 heterocycles. The molecule has 32 heavy (non-hydrogen) atoms. The maximum absolute atomic E-state index is 13.0. The Hall–Kier alpha value is -3.26. The van der Waals surface area contributed by atoms with Crippen molar-refractivity contribution >= 4 is 22.9 Å². The van der Waals surface area contributed by atoms with E-state index >= 15 is 0 Å². The Morgan fingerprint density at radius 1 is 1.12 bits per heavy atom. The average Bonchev–Trinajstić information content (AvgIpc) is 3.28. The molecule has 2 aromatic heterocycles. The molecule has 166 valence electrons. The van der Waals surface area contributed by atoms with Gasteiger partial charge in [-0.25, -0.2) is 9.99 Å². The number of benzene rings is 1. The van der Waals surface area contributed by atoms with Gasteiger partial charge in [0.2, 0.25) is 11.4 Å². The largest absolute Gasteiger partial charge is 0.365 e. The van der Waals surface area contributed by atoms with Crippen molar-refractivity contribution in [3.8, 4) is 5.69 Å². The molecule has 0 spiro atoms. The lowest BCUT2D eigenvalue weighted by Gasteiger charge is -2.36. The predicted molar refractivity (Wildman–Crippen MR) is 124 cm³/mol. The van der Waals surface area contributed by atoms with Gasteiger partial charge in [0.25, 0.3) is 5.91 Å². The summed E-state index contributed by atoms with van der Waals surface area (Å²) in [6.07, 6.45) is 9.84. The highest BCUT2D eigenvalue weighted by Crippen LogP contribution is 2.26. The highest BCUT2D eigenvalue weighted by Gasteiger charge is 2.22. The molecule has 1 aliphatic carbocycles. The fraction of sp³-hybridized carbons (Fsp3) is 0.417. The first-order valence-corrected chi connectivity index (χ1v) is 11.4. The molecule has 0 saturated carbocycles. The van der Waals surface area contributed by atoms with Crippen LogP contribution in [0.2, 0.25) is 0 Å². The Labute approximate surface area is 186 Å². The van der Waals surface area contributed by atoms with Gasteiger partial charge in [-0.1, -0.05) is 12.5 Å². The quantitative estimate of drug-likeness (QED) is 0.666. The van der Waals surface area contributed by atoms with Gasteiger partial charge < -0.3 is 10.3 Å². The number of amides is 1. The summed E-state index contributed by atoms with van der Waals surface area (Å²) in [5.41, 5.74) is 9.04. The summed E-state index contributed by atoms with van der Waals surface area (Å²) in [7, 11) is 0. The number of rotatable bonds is 5. The van der Waals surface area contributed by atoms with E-state index in [2.05, 4.69) is 34.1 Å². The van der Waals surface area contributed by atoms with Gasteiger partial charge in [-0.15, -0.1) is 0 Å². The number of hydrogen-bond acceptors (Lipinski definition) is 6. The fourth-order valence-corrected chi connectivity index (χ4v) is 4.89. The molecule has 0 bridgehead atoms.